The molecule has 1 nitrogen and oxygen atoms in total. The maximum absolute atomic E-state index is 6.01. The first-order chi connectivity index (χ1) is 6.65. The number of halogens is 3. The van der Waals surface area contributed by atoms with Crippen molar-refractivity contribution in [2.75, 3.05) is 0 Å². The summed E-state index contributed by atoms with van der Waals surface area (Å²) >= 11 is 11.9. The lowest BCUT2D eigenvalue weighted by Crippen LogP contribution is -2.10. The largest absolute Gasteiger partial charge is 0.324 e. The van der Waals surface area contributed by atoms with E-state index in [1.165, 1.54) is 0 Å². The molecule has 0 amide bonds. The molecule has 0 radical (unpaired) electrons. The quantitative estimate of drug-likeness (QED) is 0.804. The first kappa shape index (κ1) is 14.8. The minimum atomic E-state index is -0.0702. The summed E-state index contributed by atoms with van der Waals surface area (Å²) in [5.41, 5.74) is 6.86. The molecule has 0 saturated carbocycles. The molecule has 2 N–H and O–H groups in total. The normalized spacial score (nSPS) is 11.7. The molecule has 15 heavy (non-hydrogen) atoms. The van der Waals surface area contributed by atoms with E-state index < -0.39 is 0 Å². The Morgan fingerprint density at radius 1 is 1.40 bits per heavy atom. The highest BCUT2D eigenvalue weighted by Gasteiger charge is 2.09. The molecule has 0 aliphatic carbocycles. The fraction of sp³-hybridized carbons (Fsp3) is 0.273. The first-order valence-electron chi connectivity index (χ1n) is 4.46. The van der Waals surface area contributed by atoms with Gasteiger partial charge in [-0.25, -0.2) is 0 Å². The third kappa shape index (κ3) is 4.43. The molecule has 0 aliphatic heterocycles. The molecule has 1 aromatic rings. The van der Waals surface area contributed by atoms with Gasteiger partial charge in [0.05, 0.1) is 0 Å². The zero-order valence-electron chi connectivity index (χ0n) is 8.25. The molecular weight excluding hydrogens is 252 g/mol. The summed E-state index contributed by atoms with van der Waals surface area (Å²) in [5.74, 6) is 0. The van der Waals surface area contributed by atoms with E-state index in [9.17, 15) is 0 Å². The summed E-state index contributed by atoms with van der Waals surface area (Å²) in [4.78, 5) is 0. The zero-order chi connectivity index (χ0) is 10.6. The van der Waals surface area contributed by atoms with E-state index in [0.29, 0.717) is 10.0 Å². The molecule has 1 atom stereocenters. The van der Waals surface area contributed by atoms with Crippen molar-refractivity contribution in [3.8, 4) is 0 Å². The summed E-state index contributed by atoms with van der Waals surface area (Å²) in [6.07, 6.45) is 3.56. The van der Waals surface area contributed by atoms with Crippen LogP contribution < -0.4 is 5.73 Å². The van der Waals surface area contributed by atoms with Crippen LogP contribution in [0.4, 0.5) is 0 Å². The van der Waals surface area contributed by atoms with E-state index in [1.807, 2.05) is 12.1 Å². The van der Waals surface area contributed by atoms with Crippen molar-refractivity contribution in [3.63, 3.8) is 0 Å². The predicted molar refractivity (Wildman–Crippen MR) is 70.1 cm³/mol. The smallest absolute Gasteiger partial charge is 0.0454 e. The molecule has 0 aliphatic rings. The number of hydrogen-bond donors (Lipinski definition) is 1. The fourth-order valence-electron chi connectivity index (χ4n) is 1.25. The van der Waals surface area contributed by atoms with Crippen LogP contribution in [0.1, 0.15) is 24.4 Å². The van der Waals surface area contributed by atoms with Crippen molar-refractivity contribution in [2.24, 2.45) is 5.73 Å². The van der Waals surface area contributed by atoms with Crippen LogP contribution >= 0.6 is 35.6 Å². The highest BCUT2D eigenvalue weighted by molar-refractivity contribution is 6.33. The second-order valence-electron chi connectivity index (χ2n) is 3.14. The van der Waals surface area contributed by atoms with Crippen molar-refractivity contribution in [1.29, 1.82) is 0 Å². The van der Waals surface area contributed by atoms with Gasteiger partial charge in [-0.15, -0.1) is 19.0 Å². The Morgan fingerprint density at radius 2 is 2.07 bits per heavy atom. The zero-order valence-corrected chi connectivity index (χ0v) is 10.6. The molecule has 0 bridgehead atoms. The predicted octanol–water partition coefficient (Wildman–Crippen LogP) is 4.38. The summed E-state index contributed by atoms with van der Waals surface area (Å²) in [5, 5.41) is 1.34. The Kier molecular flexibility index (Phi) is 7.03. The van der Waals surface area contributed by atoms with Crippen LogP contribution in [-0.2, 0) is 0 Å². The monoisotopic (exact) mass is 265 g/mol. The van der Waals surface area contributed by atoms with Gasteiger partial charge in [0.1, 0.15) is 0 Å². The molecule has 84 valence electrons. The summed E-state index contributed by atoms with van der Waals surface area (Å²) < 4.78 is 0. The number of benzene rings is 1. The van der Waals surface area contributed by atoms with Gasteiger partial charge < -0.3 is 5.73 Å². The van der Waals surface area contributed by atoms with Crippen LogP contribution in [0.3, 0.4) is 0 Å². The van der Waals surface area contributed by atoms with Gasteiger partial charge in [-0.2, -0.15) is 0 Å². The van der Waals surface area contributed by atoms with E-state index in [1.54, 1.807) is 12.1 Å². The molecule has 0 aromatic heterocycles. The SMILES string of the molecule is C=CCC[C@H](N)c1cc(Cl)ccc1Cl.Cl. The molecule has 4 heteroatoms. The second kappa shape index (κ2) is 7.13. The van der Waals surface area contributed by atoms with E-state index in [2.05, 4.69) is 6.58 Å². The molecule has 1 rings (SSSR count). The van der Waals surface area contributed by atoms with Gasteiger partial charge in [-0.3, -0.25) is 0 Å². The maximum atomic E-state index is 6.01. The van der Waals surface area contributed by atoms with Crippen molar-refractivity contribution in [3.05, 3.63) is 46.5 Å². The third-order valence-electron chi connectivity index (χ3n) is 2.04. The van der Waals surface area contributed by atoms with Crippen LogP contribution in [0, 0.1) is 0 Å². The summed E-state index contributed by atoms with van der Waals surface area (Å²) in [6, 6.07) is 5.28. The van der Waals surface area contributed by atoms with Gasteiger partial charge in [-0.05, 0) is 36.6 Å². The molecule has 0 spiro atoms. The summed E-state index contributed by atoms with van der Waals surface area (Å²) in [7, 11) is 0. The first-order valence-corrected chi connectivity index (χ1v) is 5.22. The van der Waals surface area contributed by atoms with Crippen LogP contribution in [0.2, 0.25) is 10.0 Å². The molecule has 1 aromatic carbocycles. The number of allylic oxidation sites excluding steroid dienone is 1. The molecule has 0 saturated heterocycles. The van der Waals surface area contributed by atoms with Crippen LogP contribution in [0.25, 0.3) is 0 Å². The van der Waals surface area contributed by atoms with Crippen LogP contribution in [0.5, 0.6) is 0 Å². The summed E-state index contributed by atoms with van der Waals surface area (Å²) in [6.45, 7) is 3.65. The Hall–Kier alpha value is -0.210. The van der Waals surface area contributed by atoms with E-state index in [4.69, 9.17) is 28.9 Å². The van der Waals surface area contributed by atoms with Gasteiger partial charge in [0, 0.05) is 16.1 Å². The van der Waals surface area contributed by atoms with Gasteiger partial charge in [0.2, 0.25) is 0 Å². The maximum Gasteiger partial charge on any atom is 0.0454 e. The van der Waals surface area contributed by atoms with Crippen molar-refractivity contribution in [1.82, 2.24) is 0 Å². The van der Waals surface area contributed by atoms with Gasteiger partial charge in [0.15, 0.2) is 0 Å². The Bertz CT molecular complexity index is 326. The van der Waals surface area contributed by atoms with Crippen LogP contribution in [-0.4, -0.2) is 0 Å². The fourth-order valence-corrected chi connectivity index (χ4v) is 1.69. The highest BCUT2D eigenvalue weighted by Crippen LogP contribution is 2.27. The van der Waals surface area contributed by atoms with Crippen LogP contribution in [0.15, 0.2) is 30.9 Å². The number of hydrogen-bond acceptors (Lipinski definition) is 1. The van der Waals surface area contributed by atoms with Crippen molar-refractivity contribution >= 4 is 35.6 Å². The third-order valence-corrected chi connectivity index (χ3v) is 2.62. The van der Waals surface area contributed by atoms with E-state index >= 15 is 0 Å². The number of rotatable bonds is 4. The second-order valence-corrected chi connectivity index (χ2v) is 3.98. The molecule has 0 unspecified atom stereocenters. The molecule has 0 heterocycles. The Balaban J connectivity index is 0.00000196. The highest BCUT2D eigenvalue weighted by atomic mass is 35.5. The van der Waals surface area contributed by atoms with Gasteiger partial charge in [-0.1, -0.05) is 29.3 Å². The minimum absolute atomic E-state index is 0. The standard InChI is InChI=1S/C11H13Cl2N.ClH/c1-2-3-4-11(14)9-7-8(12)5-6-10(9)13;/h2,5-7,11H,1,3-4,14H2;1H/t11-;/m0./s1. The lowest BCUT2D eigenvalue weighted by molar-refractivity contribution is 0.662. The van der Waals surface area contributed by atoms with E-state index in [0.717, 1.165) is 18.4 Å². The molecule has 0 fully saturated rings. The van der Waals surface area contributed by atoms with Crippen molar-refractivity contribution in [2.45, 2.75) is 18.9 Å². The average Bonchev–Trinajstić information content (AvgIpc) is 2.18. The lowest BCUT2D eigenvalue weighted by Gasteiger charge is -2.12. The topological polar surface area (TPSA) is 26.0 Å². The minimum Gasteiger partial charge on any atom is -0.324 e. The van der Waals surface area contributed by atoms with Gasteiger partial charge >= 0.3 is 0 Å². The molecular formula is C11H14Cl3N. The number of nitrogens with two attached hydrogens (primary N) is 1. The van der Waals surface area contributed by atoms with Crippen molar-refractivity contribution < 1.29 is 0 Å². The lowest BCUT2D eigenvalue weighted by atomic mass is 10.0. The van der Waals surface area contributed by atoms with E-state index in [-0.39, 0.29) is 18.4 Å². The van der Waals surface area contributed by atoms with Gasteiger partial charge in [0.25, 0.3) is 0 Å². The Labute approximate surface area is 107 Å². The average molecular weight is 267 g/mol. The Morgan fingerprint density at radius 3 is 2.67 bits per heavy atom.